The Morgan fingerprint density at radius 1 is 1.47 bits per heavy atom. The quantitative estimate of drug-likeness (QED) is 0.844. The van der Waals surface area contributed by atoms with Crippen LogP contribution in [-0.4, -0.2) is 15.3 Å². The number of benzene rings is 1. The highest BCUT2D eigenvalue weighted by Gasteiger charge is 2.23. The van der Waals surface area contributed by atoms with Crippen molar-refractivity contribution in [1.29, 1.82) is 0 Å². The fourth-order valence-corrected chi connectivity index (χ4v) is 3.87. The first-order valence-electron chi connectivity index (χ1n) is 6.10. The maximum Gasteiger partial charge on any atom is 0.267 e. The van der Waals surface area contributed by atoms with E-state index < -0.39 is 0 Å². The molecule has 1 aliphatic heterocycles. The van der Waals surface area contributed by atoms with Crippen molar-refractivity contribution in [2.75, 3.05) is 5.75 Å². The molecule has 0 fully saturated rings. The van der Waals surface area contributed by atoms with Crippen LogP contribution in [0.1, 0.15) is 17.2 Å². The fourth-order valence-electron chi connectivity index (χ4n) is 2.29. The molecule has 0 amide bonds. The maximum atomic E-state index is 12.2. The van der Waals surface area contributed by atoms with E-state index in [1.165, 1.54) is 10.5 Å². The van der Waals surface area contributed by atoms with E-state index in [-0.39, 0.29) is 5.56 Å². The average Bonchev–Trinajstić information content (AvgIpc) is 2.83. The van der Waals surface area contributed by atoms with Gasteiger partial charge in [-0.15, -0.1) is 11.8 Å². The summed E-state index contributed by atoms with van der Waals surface area (Å²) in [5, 5.41) is 0. The summed E-state index contributed by atoms with van der Waals surface area (Å²) in [4.78, 5) is 17.7. The molecule has 1 aromatic carbocycles. The molecule has 0 saturated heterocycles. The lowest BCUT2D eigenvalue weighted by Crippen LogP contribution is -2.25. The Morgan fingerprint density at radius 2 is 2.26 bits per heavy atom. The van der Waals surface area contributed by atoms with Crippen LogP contribution in [0.3, 0.4) is 0 Å². The van der Waals surface area contributed by atoms with Gasteiger partial charge in [-0.1, -0.05) is 18.2 Å². The summed E-state index contributed by atoms with van der Waals surface area (Å²) in [6, 6.07) is 8.42. The van der Waals surface area contributed by atoms with Crippen molar-refractivity contribution in [3.63, 3.8) is 0 Å². The van der Waals surface area contributed by atoms with Crippen molar-refractivity contribution < 1.29 is 0 Å². The van der Waals surface area contributed by atoms with Gasteiger partial charge in [0.2, 0.25) is 0 Å². The minimum absolute atomic E-state index is 0.00174. The smallest absolute Gasteiger partial charge is 0.267 e. The number of hydrogen-bond acceptors (Lipinski definition) is 3. The van der Waals surface area contributed by atoms with E-state index in [4.69, 9.17) is 0 Å². The molecule has 0 aliphatic carbocycles. The lowest BCUT2D eigenvalue weighted by Gasteiger charge is -2.13. The average molecular weight is 337 g/mol. The first kappa shape index (κ1) is 12.9. The number of hydrogen-bond donors (Lipinski definition) is 0. The van der Waals surface area contributed by atoms with Crippen LogP contribution < -0.4 is 5.56 Å². The van der Waals surface area contributed by atoms with Gasteiger partial charge < -0.3 is 0 Å². The predicted octanol–water partition coefficient (Wildman–Crippen LogP) is 3.20. The number of halogens is 1. The predicted molar refractivity (Wildman–Crippen MR) is 80.8 cm³/mol. The van der Waals surface area contributed by atoms with E-state index in [2.05, 4.69) is 45.2 Å². The highest BCUT2D eigenvalue weighted by Crippen LogP contribution is 2.39. The van der Waals surface area contributed by atoms with Gasteiger partial charge in [-0.05, 0) is 34.5 Å². The Morgan fingerprint density at radius 3 is 3.11 bits per heavy atom. The molecule has 98 valence electrons. The van der Waals surface area contributed by atoms with Gasteiger partial charge in [-0.25, -0.2) is 4.98 Å². The van der Waals surface area contributed by atoms with E-state index >= 15 is 0 Å². The molecule has 0 N–H and O–H groups in total. The van der Waals surface area contributed by atoms with Crippen molar-refractivity contribution in [1.82, 2.24) is 9.55 Å². The third-order valence-corrected chi connectivity index (χ3v) is 5.54. The summed E-state index contributed by atoms with van der Waals surface area (Å²) in [6.07, 6.45) is 1.65. The summed E-state index contributed by atoms with van der Waals surface area (Å²) < 4.78 is 2.26. The summed E-state index contributed by atoms with van der Waals surface area (Å²) in [6.45, 7) is 2.52. The lowest BCUT2D eigenvalue weighted by atomic mass is 10.0. The van der Waals surface area contributed by atoms with Crippen LogP contribution in [0.4, 0.5) is 0 Å². The van der Waals surface area contributed by atoms with Gasteiger partial charge >= 0.3 is 0 Å². The zero-order chi connectivity index (χ0) is 13.4. The molecule has 3 nitrogen and oxygen atoms in total. The normalized spacial score (nSPS) is 17.5. The highest BCUT2D eigenvalue weighted by atomic mass is 79.9. The van der Waals surface area contributed by atoms with Crippen molar-refractivity contribution in [3.8, 4) is 0 Å². The first-order chi connectivity index (χ1) is 9.16. The molecule has 0 bridgehead atoms. The molecule has 0 saturated carbocycles. The SMILES string of the molecule is Cc1ncn(CC2CSc3ccccc32)c(=O)c1Br. The number of aromatic nitrogens is 2. The number of aryl methyl sites for hydroxylation is 1. The number of nitrogens with zero attached hydrogens (tertiary/aromatic N) is 2. The standard InChI is InChI=1S/C14H13BrN2OS/c1-9-13(15)14(18)17(8-16-9)6-10-7-19-12-5-3-2-4-11(10)12/h2-5,8,10H,6-7H2,1H3. The topological polar surface area (TPSA) is 34.9 Å². The Balaban J connectivity index is 1.92. The third-order valence-electron chi connectivity index (χ3n) is 3.37. The van der Waals surface area contributed by atoms with E-state index in [1.807, 2.05) is 18.7 Å². The minimum Gasteiger partial charge on any atom is -0.298 e. The van der Waals surface area contributed by atoms with Gasteiger partial charge in [0.05, 0.1) is 12.0 Å². The first-order valence-corrected chi connectivity index (χ1v) is 7.88. The highest BCUT2D eigenvalue weighted by molar-refractivity contribution is 9.10. The van der Waals surface area contributed by atoms with E-state index in [1.54, 1.807) is 10.9 Å². The molecule has 2 aromatic rings. The van der Waals surface area contributed by atoms with Crippen LogP contribution in [-0.2, 0) is 6.54 Å². The maximum absolute atomic E-state index is 12.2. The van der Waals surface area contributed by atoms with Crippen molar-refractivity contribution in [3.05, 3.63) is 56.7 Å². The molecule has 1 aromatic heterocycles. The third kappa shape index (κ3) is 2.37. The molecule has 19 heavy (non-hydrogen) atoms. The Hall–Kier alpha value is -1.07. The van der Waals surface area contributed by atoms with Gasteiger partial charge in [-0.3, -0.25) is 9.36 Å². The second-order valence-electron chi connectivity index (χ2n) is 4.65. The van der Waals surface area contributed by atoms with Crippen molar-refractivity contribution in [2.24, 2.45) is 0 Å². The van der Waals surface area contributed by atoms with Gasteiger partial charge in [0.1, 0.15) is 4.47 Å². The van der Waals surface area contributed by atoms with Crippen LogP contribution in [0.5, 0.6) is 0 Å². The monoisotopic (exact) mass is 336 g/mol. The molecule has 0 spiro atoms. The number of thioether (sulfide) groups is 1. The summed E-state index contributed by atoms with van der Waals surface area (Å²) >= 11 is 5.17. The van der Waals surface area contributed by atoms with Gasteiger partial charge in [-0.2, -0.15) is 0 Å². The Kier molecular flexibility index (Phi) is 3.50. The molecule has 2 heterocycles. The second kappa shape index (κ2) is 5.13. The van der Waals surface area contributed by atoms with Crippen LogP contribution in [0.15, 0.2) is 44.8 Å². The van der Waals surface area contributed by atoms with Crippen LogP contribution in [0.25, 0.3) is 0 Å². The van der Waals surface area contributed by atoms with Crippen molar-refractivity contribution >= 4 is 27.7 Å². The van der Waals surface area contributed by atoms with Crippen LogP contribution in [0, 0.1) is 6.92 Å². The van der Waals surface area contributed by atoms with E-state index in [0.717, 1.165) is 11.4 Å². The number of fused-ring (bicyclic) bond motifs is 1. The summed E-state index contributed by atoms with van der Waals surface area (Å²) in [5.74, 6) is 1.41. The zero-order valence-corrected chi connectivity index (χ0v) is 12.9. The molecule has 3 rings (SSSR count). The fraction of sp³-hybridized carbons (Fsp3) is 0.286. The molecular weight excluding hydrogens is 324 g/mol. The second-order valence-corrected chi connectivity index (χ2v) is 6.50. The number of rotatable bonds is 2. The Labute approximate surface area is 124 Å². The molecule has 1 atom stereocenters. The summed E-state index contributed by atoms with van der Waals surface area (Å²) in [5.41, 5.74) is 2.08. The molecule has 0 radical (unpaired) electrons. The van der Waals surface area contributed by atoms with Crippen LogP contribution in [0.2, 0.25) is 0 Å². The zero-order valence-electron chi connectivity index (χ0n) is 10.5. The molecule has 5 heteroatoms. The molecule has 1 aliphatic rings. The van der Waals surface area contributed by atoms with Crippen LogP contribution >= 0.6 is 27.7 Å². The van der Waals surface area contributed by atoms with Gasteiger partial charge in [0.15, 0.2) is 0 Å². The molecular formula is C14H13BrN2OS. The largest absolute Gasteiger partial charge is 0.298 e. The van der Waals surface area contributed by atoms with Crippen molar-refractivity contribution in [2.45, 2.75) is 24.3 Å². The van der Waals surface area contributed by atoms with E-state index in [0.29, 0.717) is 16.9 Å². The summed E-state index contributed by atoms with van der Waals surface area (Å²) in [7, 11) is 0. The van der Waals surface area contributed by atoms with Gasteiger partial charge in [0, 0.05) is 23.1 Å². The lowest BCUT2D eigenvalue weighted by molar-refractivity contribution is 0.575. The van der Waals surface area contributed by atoms with Gasteiger partial charge in [0.25, 0.3) is 5.56 Å². The Bertz CT molecular complexity index is 683. The minimum atomic E-state index is 0.00174. The van der Waals surface area contributed by atoms with E-state index in [9.17, 15) is 4.79 Å². The molecule has 1 unspecified atom stereocenters.